The second-order valence-corrected chi connectivity index (χ2v) is 2.40. The molecule has 1 aliphatic rings. The third-order valence-corrected chi connectivity index (χ3v) is 1.34. The van der Waals surface area contributed by atoms with Gasteiger partial charge in [-0.25, -0.2) is 0 Å². The Balaban J connectivity index is 2.78. The van der Waals surface area contributed by atoms with Gasteiger partial charge in [-0.1, -0.05) is 0 Å². The molecule has 0 aromatic carbocycles. The van der Waals surface area contributed by atoms with Crippen LogP contribution in [-0.2, 0) is 0 Å². The Hall–Kier alpha value is -1.27. The first-order valence-corrected chi connectivity index (χ1v) is 3.14. The Morgan fingerprint density at radius 2 is 2.10 bits per heavy atom. The molecule has 0 radical (unpaired) electrons. The minimum absolute atomic E-state index is 0.686. The van der Waals surface area contributed by atoms with Crippen molar-refractivity contribution in [3.05, 3.63) is 35.7 Å². The lowest BCUT2D eigenvalue weighted by atomic mass is 10.2. The first-order valence-electron chi connectivity index (χ1n) is 3.14. The molecule has 0 spiro atoms. The third kappa shape index (κ3) is 1.36. The molecule has 0 saturated carbocycles. The van der Waals surface area contributed by atoms with Crippen molar-refractivity contribution in [2.45, 2.75) is 0 Å². The molecule has 0 heterocycles. The Morgan fingerprint density at radius 1 is 1.40 bits per heavy atom. The van der Waals surface area contributed by atoms with E-state index in [0.717, 1.165) is 5.70 Å². The average molecular weight is 135 g/mol. The predicted octanol–water partition coefficient (Wildman–Crippen LogP) is 0.647. The lowest BCUT2D eigenvalue weighted by Crippen LogP contribution is -2.11. The fraction of sp³-hybridized carbons (Fsp3) is 0.250. The van der Waals surface area contributed by atoms with Gasteiger partial charge in [0.25, 0.3) is 0 Å². The van der Waals surface area contributed by atoms with Crippen LogP contribution in [0.1, 0.15) is 0 Å². The highest BCUT2D eigenvalue weighted by atomic mass is 15.1. The molecule has 0 bridgehead atoms. The van der Waals surface area contributed by atoms with Crippen LogP contribution in [0.4, 0.5) is 0 Å². The molecule has 2 heteroatoms. The van der Waals surface area contributed by atoms with Gasteiger partial charge >= 0.3 is 0 Å². The summed E-state index contributed by atoms with van der Waals surface area (Å²) in [5, 5.41) is 0. The Morgan fingerprint density at radius 3 is 2.50 bits per heavy atom. The number of allylic oxidation sites excluding steroid dienone is 4. The molecule has 0 atom stereocenters. The zero-order valence-corrected chi connectivity index (χ0v) is 6.26. The molecular weight excluding hydrogens is 124 g/mol. The lowest BCUT2D eigenvalue weighted by molar-refractivity contribution is 0.529. The minimum atomic E-state index is 0.686. The van der Waals surface area contributed by atoms with Crippen LogP contribution in [-0.4, -0.2) is 19.0 Å². The van der Waals surface area contributed by atoms with Crippen LogP contribution in [0, 0.1) is 6.08 Å². The smallest absolute Gasteiger partial charge is 0.200 e. The van der Waals surface area contributed by atoms with E-state index in [2.05, 4.69) is 6.08 Å². The molecule has 0 fully saturated rings. The summed E-state index contributed by atoms with van der Waals surface area (Å²) >= 11 is 0. The number of rotatable bonds is 1. The van der Waals surface area contributed by atoms with E-state index in [-0.39, 0.29) is 0 Å². The summed E-state index contributed by atoms with van der Waals surface area (Å²) in [6, 6.07) is 0. The number of likely N-dealkylation sites (N-methyl/N-ethyl adjacent to an activating group) is 1. The van der Waals surface area contributed by atoms with Gasteiger partial charge in [0.05, 0.1) is 18.2 Å². The van der Waals surface area contributed by atoms with Crippen LogP contribution in [0.5, 0.6) is 0 Å². The van der Waals surface area contributed by atoms with Gasteiger partial charge in [0.15, 0.2) is 0 Å². The van der Waals surface area contributed by atoms with Gasteiger partial charge in [0, 0.05) is 14.1 Å². The highest BCUT2D eigenvalue weighted by molar-refractivity contribution is 5.32. The van der Waals surface area contributed by atoms with Crippen molar-refractivity contribution >= 4 is 0 Å². The first-order chi connectivity index (χ1) is 4.70. The molecule has 0 amide bonds. The zero-order chi connectivity index (χ0) is 7.56. The van der Waals surface area contributed by atoms with E-state index in [1.807, 2.05) is 37.2 Å². The molecular formula is C8H11N2+. The highest BCUT2D eigenvalue weighted by Gasteiger charge is 2.07. The van der Waals surface area contributed by atoms with Crippen LogP contribution < -0.4 is 5.73 Å². The van der Waals surface area contributed by atoms with Crippen molar-refractivity contribution in [1.29, 1.82) is 0 Å². The van der Waals surface area contributed by atoms with Crippen molar-refractivity contribution in [1.82, 2.24) is 4.90 Å². The molecule has 52 valence electrons. The Kier molecular flexibility index (Phi) is 1.74. The van der Waals surface area contributed by atoms with Gasteiger partial charge in [-0.05, 0) is 0 Å². The normalized spacial score (nSPS) is 15.4. The molecule has 10 heavy (non-hydrogen) atoms. The molecule has 0 aliphatic heterocycles. The number of hydrogen-bond donors (Lipinski definition) is 1. The summed E-state index contributed by atoms with van der Waals surface area (Å²) in [7, 11) is 3.97. The van der Waals surface area contributed by atoms with Crippen molar-refractivity contribution in [3.63, 3.8) is 0 Å². The summed E-state index contributed by atoms with van der Waals surface area (Å²) in [6.45, 7) is 0. The molecule has 1 aliphatic carbocycles. The maximum atomic E-state index is 5.45. The van der Waals surface area contributed by atoms with E-state index in [0.29, 0.717) is 5.70 Å². The molecule has 0 saturated heterocycles. The summed E-state index contributed by atoms with van der Waals surface area (Å²) in [5.74, 6) is 0. The quantitative estimate of drug-likeness (QED) is 0.535. The van der Waals surface area contributed by atoms with E-state index in [1.54, 1.807) is 0 Å². The van der Waals surface area contributed by atoms with Crippen LogP contribution >= 0.6 is 0 Å². The molecule has 0 aromatic heterocycles. The second kappa shape index (κ2) is 2.54. The summed E-state index contributed by atoms with van der Waals surface area (Å²) in [6.07, 6.45) is 8.59. The van der Waals surface area contributed by atoms with Gasteiger partial charge in [0.1, 0.15) is 11.8 Å². The highest BCUT2D eigenvalue weighted by Crippen LogP contribution is 2.06. The Bertz CT molecular complexity index is 209. The molecule has 0 unspecified atom stereocenters. The monoisotopic (exact) mass is 135 g/mol. The van der Waals surface area contributed by atoms with Crippen molar-refractivity contribution in [3.8, 4) is 0 Å². The summed E-state index contributed by atoms with van der Waals surface area (Å²) < 4.78 is 0. The topological polar surface area (TPSA) is 29.3 Å². The van der Waals surface area contributed by atoms with E-state index in [1.165, 1.54) is 0 Å². The van der Waals surface area contributed by atoms with E-state index < -0.39 is 0 Å². The maximum absolute atomic E-state index is 5.45. The van der Waals surface area contributed by atoms with Crippen LogP contribution in [0.2, 0.25) is 0 Å². The SMILES string of the molecule is CN(C)C1=C[C+]=C(N)C=C1. The summed E-state index contributed by atoms with van der Waals surface area (Å²) in [4.78, 5) is 2.01. The fourth-order valence-electron chi connectivity index (χ4n) is 0.707. The standard InChI is InChI=1S/C8H11N2/c1-10(2)8-5-3-7(9)4-6-8/h3,5-6H,9H2,1-2H3/q+1. The lowest BCUT2D eigenvalue weighted by Gasteiger charge is -2.06. The van der Waals surface area contributed by atoms with Gasteiger partial charge in [-0.15, -0.1) is 0 Å². The minimum Gasteiger partial charge on any atom is -0.369 e. The molecule has 0 aromatic rings. The van der Waals surface area contributed by atoms with Crippen LogP contribution in [0.15, 0.2) is 29.6 Å². The van der Waals surface area contributed by atoms with Crippen molar-refractivity contribution in [2.24, 2.45) is 5.73 Å². The number of nitrogens with zero attached hydrogens (tertiary/aromatic N) is 1. The Labute approximate surface area is 61.3 Å². The molecule has 2 nitrogen and oxygen atoms in total. The van der Waals surface area contributed by atoms with Gasteiger partial charge in [-0.3, -0.25) is 0 Å². The zero-order valence-electron chi connectivity index (χ0n) is 6.26. The van der Waals surface area contributed by atoms with E-state index >= 15 is 0 Å². The number of nitrogens with two attached hydrogens (primary N) is 1. The van der Waals surface area contributed by atoms with Crippen LogP contribution in [0.3, 0.4) is 0 Å². The van der Waals surface area contributed by atoms with Crippen LogP contribution in [0.25, 0.3) is 0 Å². The van der Waals surface area contributed by atoms with Gasteiger partial charge in [-0.2, -0.15) is 0 Å². The predicted molar refractivity (Wildman–Crippen MR) is 41.9 cm³/mol. The molecule has 2 N–H and O–H groups in total. The van der Waals surface area contributed by atoms with Gasteiger partial charge in [0.2, 0.25) is 5.70 Å². The molecule has 1 rings (SSSR count). The largest absolute Gasteiger partial charge is 0.369 e. The maximum Gasteiger partial charge on any atom is 0.200 e. The third-order valence-electron chi connectivity index (χ3n) is 1.34. The summed E-state index contributed by atoms with van der Waals surface area (Å²) in [5.41, 5.74) is 7.26. The van der Waals surface area contributed by atoms with Gasteiger partial charge < -0.3 is 10.6 Å². The average Bonchev–Trinajstić information content (AvgIpc) is 1.88. The second-order valence-electron chi connectivity index (χ2n) is 2.40. The number of hydrogen-bond acceptors (Lipinski definition) is 2. The van der Waals surface area contributed by atoms with E-state index in [4.69, 9.17) is 5.73 Å². The first kappa shape index (κ1) is 6.84. The van der Waals surface area contributed by atoms with E-state index in [9.17, 15) is 0 Å². The fourth-order valence-corrected chi connectivity index (χ4v) is 0.707. The van der Waals surface area contributed by atoms with Crippen molar-refractivity contribution < 1.29 is 0 Å². The van der Waals surface area contributed by atoms with Crippen molar-refractivity contribution in [2.75, 3.05) is 14.1 Å².